The Morgan fingerprint density at radius 2 is 1.96 bits per heavy atom. The van der Waals surface area contributed by atoms with E-state index in [1.54, 1.807) is 23.2 Å². The van der Waals surface area contributed by atoms with Crippen LogP contribution in [0.5, 0.6) is 0 Å². The fourth-order valence-corrected chi connectivity index (χ4v) is 3.63. The van der Waals surface area contributed by atoms with E-state index in [2.05, 4.69) is 14.7 Å². The van der Waals surface area contributed by atoms with Crippen molar-refractivity contribution in [3.8, 4) is 0 Å². The van der Waals surface area contributed by atoms with Gasteiger partial charge in [0, 0.05) is 18.1 Å². The smallest absolute Gasteiger partial charge is 0.258 e. The largest absolute Gasteiger partial charge is 0.330 e. The molecule has 8 heteroatoms. The van der Waals surface area contributed by atoms with Crippen LogP contribution in [-0.4, -0.2) is 42.3 Å². The number of carbonyl (C=O) groups is 1. The quantitative estimate of drug-likeness (QED) is 0.886. The Labute approximate surface area is 144 Å². The number of hydrogen-bond acceptors (Lipinski definition) is 5. The molecule has 0 bridgehead atoms. The van der Waals surface area contributed by atoms with E-state index in [1.165, 1.54) is 6.08 Å². The van der Waals surface area contributed by atoms with Gasteiger partial charge in [-0.3, -0.25) is 4.79 Å². The SMILES string of the molecule is O=C(Nc1ccc2ccccc2n1)C1=CN2CCS(=O)(=O)N=C2C=C1. The molecule has 3 heterocycles. The molecular weight excluding hydrogens is 340 g/mol. The molecule has 0 saturated heterocycles. The minimum atomic E-state index is -3.40. The zero-order valence-corrected chi connectivity index (χ0v) is 13.9. The second-order valence-electron chi connectivity index (χ2n) is 5.69. The van der Waals surface area contributed by atoms with Gasteiger partial charge in [0.2, 0.25) is 0 Å². The van der Waals surface area contributed by atoms with Gasteiger partial charge in [-0.25, -0.2) is 13.4 Å². The van der Waals surface area contributed by atoms with Gasteiger partial charge in [0.1, 0.15) is 11.7 Å². The number of nitrogens with one attached hydrogen (secondary N) is 1. The highest BCUT2D eigenvalue weighted by molar-refractivity contribution is 7.90. The van der Waals surface area contributed by atoms with Crippen LogP contribution in [0, 0.1) is 0 Å². The van der Waals surface area contributed by atoms with E-state index < -0.39 is 10.0 Å². The molecule has 2 aliphatic heterocycles. The summed E-state index contributed by atoms with van der Waals surface area (Å²) in [6.07, 6.45) is 4.68. The molecule has 1 aromatic heterocycles. The Kier molecular flexibility index (Phi) is 3.61. The first-order valence-electron chi connectivity index (χ1n) is 7.66. The number of nitrogens with zero attached hydrogens (tertiary/aromatic N) is 3. The fourth-order valence-electron chi connectivity index (χ4n) is 2.66. The third kappa shape index (κ3) is 3.16. The average Bonchev–Trinajstić information content (AvgIpc) is 2.60. The van der Waals surface area contributed by atoms with Gasteiger partial charge >= 0.3 is 0 Å². The Balaban J connectivity index is 1.55. The lowest BCUT2D eigenvalue weighted by Gasteiger charge is -2.26. The molecule has 1 aromatic carbocycles. The van der Waals surface area contributed by atoms with Crippen molar-refractivity contribution in [2.45, 2.75) is 0 Å². The van der Waals surface area contributed by atoms with Gasteiger partial charge in [-0.2, -0.15) is 0 Å². The number of amidine groups is 1. The van der Waals surface area contributed by atoms with Crippen LogP contribution < -0.4 is 5.32 Å². The number of para-hydroxylation sites is 1. The fraction of sp³-hybridized carbons (Fsp3) is 0.118. The topological polar surface area (TPSA) is 91.7 Å². The van der Waals surface area contributed by atoms with E-state index >= 15 is 0 Å². The maximum absolute atomic E-state index is 12.5. The van der Waals surface area contributed by atoms with E-state index in [4.69, 9.17) is 0 Å². The van der Waals surface area contributed by atoms with E-state index in [9.17, 15) is 13.2 Å². The van der Waals surface area contributed by atoms with Gasteiger partial charge in [-0.05, 0) is 30.4 Å². The maximum atomic E-state index is 12.5. The molecule has 0 radical (unpaired) electrons. The summed E-state index contributed by atoms with van der Waals surface area (Å²) in [5.41, 5.74) is 1.21. The lowest BCUT2D eigenvalue weighted by Crippen LogP contribution is -2.37. The molecule has 1 N–H and O–H groups in total. The van der Waals surface area contributed by atoms with E-state index in [-0.39, 0.29) is 18.2 Å². The minimum absolute atomic E-state index is 0.0675. The molecule has 2 aromatic rings. The Hall–Kier alpha value is -3.00. The molecule has 0 atom stereocenters. The number of pyridine rings is 1. The molecule has 126 valence electrons. The molecule has 0 unspecified atom stereocenters. The molecule has 1 amide bonds. The highest BCUT2D eigenvalue weighted by Crippen LogP contribution is 2.18. The van der Waals surface area contributed by atoms with Crippen molar-refractivity contribution in [2.24, 2.45) is 4.40 Å². The van der Waals surface area contributed by atoms with Crippen LogP contribution in [0.2, 0.25) is 0 Å². The molecular formula is C17H14N4O3S. The second kappa shape index (κ2) is 5.82. The third-order valence-electron chi connectivity index (χ3n) is 3.93. The highest BCUT2D eigenvalue weighted by Gasteiger charge is 2.25. The third-order valence-corrected chi connectivity index (χ3v) is 5.09. The van der Waals surface area contributed by atoms with Gasteiger partial charge in [-0.15, -0.1) is 4.40 Å². The summed E-state index contributed by atoms with van der Waals surface area (Å²) in [5, 5.41) is 3.75. The number of carbonyl (C=O) groups excluding carboxylic acids is 1. The number of amides is 1. The van der Waals surface area contributed by atoms with Crippen LogP contribution >= 0.6 is 0 Å². The predicted molar refractivity (Wildman–Crippen MR) is 95.5 cm³/mol. The average molecular weight is 354 g/mol. The van der Waals surface area contributed by atoms with Crippen LogP contribution in [0.3, 0.4) is 0 Å². The molecule has 0 saturated carbocycles. The van der Waals surface area contributed by atoms with Gasteiger partial charge in [-0.1, -0.05) is 18.2 Å². The predicted octanol–water partition coefficient (Wildman–Crippen LogP) is 1.67. The normalized spacial score (nSPS) is 18.3. The van der Waals surface area contributed by atoms with Crippen molar-refractivity contribution in [3.05, 3.63) is 60.3 Å². The number of anilines is 1. The zero-order chi connectivity index (χ0) is 17.4. The van der Waals surface area contributed by atoms with Crippen LogP contribution in [0.1, 0.15) is 0 Å². The first-order chi connectivity index (χ1) is 12.0. The Morgan fingerprint density at radius 3 is 2.84 bits per heavy atom. The van der Waals surface area contributed by atoms with Crippen molar-refractivity contribution >= 4 is 38.5 Å². The van der Waals surface area contributed by atoms with Crippen LogP contribution in [0.4, 0.5) is 5.82 Å². The molecule has 0 fully saturated rings. The van der Waals surface area contributed by atoms with E-state index in [0.717, 1.165) is 10.9 Å². The molecule has 7 nitrogen and oxygen atoms in total. The van der Waals surface area contributed by atoms with Gasteiger partial charge in [0.25, 0.3) is 15.9 Å². The van der Waals surface area contributed by atoms with Crippen molar-refractivity contribution in [1.29, 1.82) is 0 Å². The first kappa shape index (κ1) is 15.5. The van der Waals surface area contributed by atoms with E-state index in [1.807, 2.05) is 30.3 Å². The summed E-state index contributed by atoms with van der Waals surface area (Å²) < 4.78 is 26.7. The van der Waals surface area contributed by atoms with Crippen LogP contribution in [0.25, 0.3) is 10.9 Å². The van der Waals surface area contributed by atoms with Crippen molar-refractivity contribution in [1.82, 2.24) is 9.88 Å². The molecule has 0 spiro atoms. The molecule has 2 aliphatic rings. The van der Waals surface area contributed by atoms with Crippen LogP contribution in [-0.2, 0) is 14.8 Å². The highest BCUT2D eigenvalue weighted by atomic mass is 32.2. The number of sulfonamides is 1. The monoisotopic (exact) mass is 354 g/mol. The lowest BCUT2D eigenvalue weighted by molar-refractivity contribution is -0.112. The number of rotatable bonds is 2. The molecule has 4 rings (SSSR count). The summed E-state index contributed by atoms with van der Waals surface area (Å²) in [6.45, 7) is 0.274. The maximum Gasteiger partial charge on any atom is 0.258 e. The summed E-state index contributed by atoms with van der Waals surface area (Å²) in [5.74, 6) is 0.402. The second-order valence-corrected chi connectivity index (χ2v) is 7.44. The standard InChI is InChI=1S/C17H14N4O3S/c22-17(19-15-7-5-12-3-1-2-4-14(12)18-15)13-6-8-16-20-25(23,24)10-9-21(16)11-13/h1-8,11H,9-10H2,(H,18,19,22). The number of benzene rings is 1. The summed E-state index contributed by atoms with van der Waals surface area (Å²) in [6, 6.07) is 11.3. The zero-order valence-electron chi connectivity index (χ0n) is 13.1. The molecule has 25 heavy (non-hydrogen) atoms. The van der Waals surface area contributed by atoms with Crippen molar-refractivity contribution < 1.29 is 13.2 Å². The lowest BCUT2D eigenvalue weighted by atomic mass is 10.1. The number of hydrogen-bond donors (Lipinski definition) is 1. The minimum Gasteiger partial charge on any atom is -0.330 e. The van der Waals surface area contributed by atoms with E-state index in [0.29, 0.717) is 17.2 Å². The Morgan fingerprint density at radius 1 is 1.12 bits per heavy atom. The van der Waals surface area contributed by atoms with Gasteiger partial charge < -0.3 is 10.2 Å². The van der Waals surface area contributed by atoms with Gasteiger partial charge in [0.15, 0.2) is 0 Å². The summed E-state index contributed by atoms with van der Waals surface area (Å²) in [4.78, 5) is 18.5. The molecule has 0 aliphatic carbocycles. The van der Waals surface area contributed by atoms with Gasteiger partial charge in [0.05, 0.1) is 16.8 Å². The summed E-state index contributed by atoms with van der Waals surface area (Å²) >= 11 is 0. The Bertz CT molecular complexity index is 1070. The van der Waals surface area contributed by atoms with Crippen molar-refractivity contribution in [2.75, 3.05) is 17.6 Å². The summed E-state index contributed by atoms with van der Waals surface area (Å²) in [7, 11) is -3.40. The van der Waals surface area contributed by atoms with Crippen LogP contribution in [0.15, 0.2) is 64.7 Å². The van der Waals surface area contributed by atoms with Crippen molar-refractivity contribution in [3.63, 3.8) is 0 Å². The first-order valence-corrected chi connectivity index (χ1v) is 9.27. The number of aromatic nitrogens is 1. The number of fused-ring (bicyclic) bond motifs is 2.